The standard InChI is InChI=1S/C29H29N3O3S/c30-17-21-4-1-5-23(14-21)24-6-2-7-25(15-24)28-34-26(19-36-29-31-12-3-13-32-29)16-27(35-28)22-10-8-20(18-33)9-11-22/h1-15,26-28,33H,16-19,30H2. The van der Waals surface area contributed by atoms with E-state index in [4.69, 9.17) is 15.2 Å². The molecule has 0 bridgehead atoms. The van der Waals surface area contributed by atoms with Crippen molar-refractivity contribution in [2.75, 3.05) is 5.75 Å². The Balaban J connectivity index is 1.40. The number of aliphatic hydroxyl groups is 1. The van der Waals surface area contributed by atoms with Gasteiger partial charge in [0.25, 0.3) is 0 Å². The summed E-state index contributed by atoms with van der Waals surface area (Å²) in [5.41, 5.74) is 12.1. The molecule has 184 valence electrons. The fourth-order valence-corrected chi connectivity index (χ4v) is 5.11. The van der Waals surface area contributed by atoms with Crippen molar-refractivity contribution in [2.24, 2.45) is 5.73 Å². The second-order valence-corrected chi connectivity index (χ2v) is 9.71. The number of rotatable bonds is 8. The van der Waals surface area contributed by atoms with Crippen LogP contribution in [0.2, 0.25) is 0 Å². The van der Waals surface area contributed by atoms with Crippen LogP contribution in [-0.2, 0) is 22.6 Å². The first kappa shape index (κ1) is 24.6. The molecule has 0 aliphatic carbocycles. The number of nitrogens with two attached hydrogens (primary N) is 1. The lowest BCUT2D eigenvalue weighted by molar-refractivity contribution is -0.245. The van der Waals surface area contributed by atoms with E-state index in [1.165, 1.54) is 0 Å². The first-order valence-electron chi connectivity index (χ1n) is 12.0. The Labute approximate surface area is 215 Å². The summed E-state index contributed by atoms with van der Waals surface area (Å²) in [6.07, 6.45) is 3.51. The molecular weight excluding hydrogens is 470 g/mol. The van der Waals surface area contributed by atoms with Crippen molar-refractivity contribution >= 4 is 11.8 Å². The molecule has 4 aromatic rings. The fourth-order valence-electron chi connectivity index (χ4n) is 4.29. The molecule has 1 aliphatic rings. The summed E-state index contributed by atoms with van der Waals surface area (Å²) in [6.45, 7) is 0.523. The molecule has 0 saturated carbocycles. The Morgan fingerprint density at radius 1 is 0.833 bits per heavy atom. The summed E-state index contributed by atoms with van der Waals surface area (Å²) in [4.78, 5) is 8.66. The normalized spacial score (nSPS) is 19.8. The minimum atomic E-state index is -0.513. The van der Waals surface area contributed by atoms with Crippen LogP contribution in [0.3, 0.4) is 0 Å². The summed E-state index contributed by atoms with van der Waals surface area (Å²) >= 11 is 1.58. The Morgan fingerprint density at radius 2 is 1.58 bits per heavy atom. The van der Waals surface area contributed by atoms with Gasteiger partial charge < -0.3 is 20.3 Å². The smallest absolute Gasteiger partial charge is 0.187 e. The van der Waals surface area contributed by atoms with Gasteiger partial charge in [0.2, 0.25) is 0 Å². The molecule has 0 radical (unpaired) electrons. The maximum absolute atomic E-state index is 9.43. The lowest BCUT2D eigenvalue weighted by Crippen LogP contribution is -2.31. The SMILES string of the molecule is NCc1cccc(-c2cccc(C3OC(CSc4ncccn4)CC(c4ccc(CO)cc4)O3)c2)c1. The number of hydrogen-bond donors (Lipinski definition) is 2. The third-order valence-corrected chi connectivity index (χ3v) is 7.22. The lowest BCUT2D eigenvalue weighted by Gasteiger charge is -2.36. The Morgan fingerprint density at radius 3 is 2.33 bits per heavy atom. The van der Waals surface area contributed by atoms with Crippen LogP contribution < -0.4 is 5.73 Å². The minimum Gasteiger partial charge on any atom is -0.392 e. The zero-order valence-corrected chi connectivity index (χ0v) is 20.7. The largest absolute Gasteiger partial charge is 0.392 e. The highest BCUT2D eigenvalue weighted by Gasteiger charge is 2.32. The highest BCUT2D eigenvalue weighted by molar-refractivity contribution is 7.99. The molecule has 1 saturated heterocycles. The topological polar surface area (TPSA) is 90.5 Å². The quantitative estimate of drug-likeness (QED) is 0.247. The molecule has 3 N–H and O–H groups in total. The van der Waals surface area contributed by atoms with Gasteiger partial charge in [-0.25, -0.2) is 9.97 Å². The molecule has 6 nitrogen and oxygen atoms in total. The van der Waals surface area contributed by atoms with Crippen LogP contribution in [0, 0.1) is 0 Å². The van der Waals surface area contributed by atoms with E-state index in [1.54, 1.807) is 24.2 Å². The van der Waals surface area contributed by atoms with Crippen molar-refractivity contribution in [1.82, 2.24) is 9.97 Å². The molecule has 5 rings (SSSR count). The summed E-state index contributed by atoms with van der Waals surface area (Å²) in [5.74, 6) is 0.716. The number of hydrogen-bond acceptors (Lipinski definition) is 7. The molecule has 1 aromatic heterocycles. The van der Waals surface area contributed by atoms with Crippen LogP contribution in [0.15, 0.2) is 96.4 Å². The fraction of sp³-hybridized carbons (Fsp3) is 0.241. The van der Waals surface area contributed by atoms with Crippen molar-refractivity contribution in [3.8, 4) is 11.1 Å². The van der Waals surface area contributed by atoms with Gasteiger partial charge in [0.05, 0.1) is 18.8 Å². The van der Waals surface area contributed by atoms with Gasteiger partial charge in [-0.2, -0.15) is 0 Å². The summed E-state index contributed by atoms with van der Waals surface area (Å²) in [6, 6.07) is 26.3. The van der Waals surface area contributed by atoms with E-state index in [9.17, 15) is 5.11 Å². The van der Waals surface area contributed by atoms with E-state index >= 15 is 0 Å². The average Bonchev–Trinajstić information content (AvgIpc) is 2.96. The van der Waals surface area contributed by atoms with Crippen molar-refractivity contribution in [3.63, 3.8) is 0 Å². The van der Waals surface area contributed by atoms with E-state index in [0.29, 0.717) is 18.7 Å². The Hall–Kier alpha value is -3.07. The maximum atomic E-state index is 9.43. The van der Waals surface area contributed by atoms with E-state index in [2.05, 4.69) is 34.2 Å². The number of aromatic nitrogens is 2. The summed E-state index contributed by atoms with van der Waals surface area (Å²) in [7, 11) is 0. The van der Waals surface area contributed by atoms with Crippen LogP contribution in [0.4, 0.5) is 0 Å². The molecule has 3 aromatic carbocycles. The molecule has 2 heterocycles. The first-order valence-corrected chi connectivity index (χ1v) is 13.0. The number of aliphatic hydroxyl groups excluding tert-OH is 1. The summed E-state index contributed by atoms with van der Waals surface area (Å²) < 4.78 is 13.0. The molecule has 1 aliphatic heterocycles. The van der Waals surface area contributed by atoms with Crippen molar-refractivity contribution < 1.29 is 14.6 Å². The lowest BCUT2D eigenvalue weighted by atomic mass is 9.99. The maximum Gasteiger partial charge on any atom is 0.187 e. The van der Waals surface area contributed by atoms with Gasteiger partial charge >= 0.3 is 0 Å². The molecular formula is C29H29N3O3S. The predicted molar refractivity (Wildman–Crippen MR) is 141 cm³/mol. The van der Waals surface area contributed by atoms with Gasteiger partial charge in [-0.1, -0.05) is 72.4 Å². The van der Waals surface area contributed by atoms with Gasteiger partial charge in [0, 0.05) is 36.7 Å². The molecule has 0 spiro atoms. The van der Waals surface area contributed by atoms with Crippen LogP contribution in [-0.4, -0.2) is 26.9 Å². The van der Waals surface area contributed by atoms with Gasteiger partial charge in [-0.15, -0.1) is 0 Å². The minimum absolute atomic E-state index is 0.0199. The van der Waals surface area contributed by atoms with Crippen molar-refractivity contribution in [1.29, 1.82) is 0 Å². The molecule has 1 fully saturated rings. The van der Waals surface area contributed by atoms with E-state index < -0.39 is 6.29 Å². The zero-order chi connectivity index (χ0) is 24.7. The monoisotopic (exact) mass is 499 g/mol. The average molecular weight is 500 g/mol. The van der Waals surface area contributed by atoms with E-state index in [-0.39, 0.29) is 18.8 Å². The Kier molecular flexibility index (Phi) is 8.05. The highest BCUT2D eigenvalue weighted by atomic mass is 32.2. The third kappa shape index (κ3) is 6.00. The number of thioether (sulfide) groups is 1. The van der Waals surface area contributed by atoms with Gasteiger partial charge in [0.15, 0.2) is 11.4 Å². The third-order valence-electron chi connectivity index (χ3n) is 6.21. The molecule has 7 heteroatoms. The van der Waals surface area contributed by atoms with Gasteiger partial charge in [-0.3, -0.25) is 0 Å². The Bertz CT molecular complexity index is 1270. The highest BCUT2D eigenvalue weighted by Crippen LogP contribution is 2.40. The van der Waals surface area contributed by atoms with Gasteiger partial charge in [-0.05, 0) is 46.0 Å². The number of benzene rings is 3. The first-order chi connectivity index (χ1) is 17.7. The zero-order valence-electron chi connectivity index (χ0n) is 19.9. The molecule has 3 unspecified atom stereocenters. The molecule has 0 amide bonds. The van der Waals surface area contributed by atoms with Crippen LogP contribution in [0.25, 0.3) is 11.1 Å². The van der Waals surface area contributed by atoms with Crippen LogP contribution in [0.5, 0.6) is 0 Å². The van der Waals surface area contributed by atoms with Crippen molar-refractivity contribution in [2.45, 2.75) is 43.2 Å². The second kappa shape index (κ2) is 11.8. The summed E-state index contributed by atoms with van der Waals surface area (Å²) in [5, 5.41) is 10.2. The van der Waals surface area contributed by atoms with Crippen LogP contribution in [0.1, 0.15) is 41.1 Å². The predicted octanol–water partition coefficient (Wildman–Crippen LogP) is 5.43. The second-order valence-electron chi connectivity index (χ2n) is 8.72. The van der Waals surface area contributed by atoms with Crippen molar-refractivity contribution in [3.05, 3.63) is 114 Å². The van der Waals surface area contributed by atoms with Crippen LogP contribution >= 0.6 is 11.8 Å². The number of ether oxygens (including phenoxy) is 2. The number of nitrogens with zero attached hydrogens (tertiary/aromatic N) is 2. The van der Waals surface area contributed by atoms with Gasteiger partial charge in [0.1, 0.15) is 0 Å². The van der Waals surface area contributed by atoms with E-state index in [0.717, 1.165) is 38.5 Å². The molecule has 3 atom stereocenters. The molecule has 36 heavy (non-hydrogen) atoms. The van der Waals surface area contributed by atoms with E-state index in [1.807, 2.05) is 54.6 Å².